The number of ether oxygens (including phenoxy) is 1. The second-order valence-corrected chi connectivity index (χ2v) is 2.13. The van der Waals surface area contributed by atoms with Crippen molar-refractivity contribution in [3.05, 3.63) is 0 Å². The molecule has 0 aromatic heterocycles. The molecule has 1 N–H and O–H groups in total. The van der Waals surface area contributed by atoms with Crippen LogP contribution in [0.4, 0.5) is 0 Å². The fraction of sp³-hybridized carbons (Fsp3) is 0.800. The Balaban J connectivity index is 3.06. The summed E-state index contributed by atoms with van der Waals surface area (Å²) in [7, 11) is 0. The molecule has 0 aliphatic heterocycles. The van der Waals surface area contributed by atoms with Gasteiger partial charge in [-0.1, -0.05) is 0 Å². The van der Waals surface area contributed by atoms with Gasteiger partial charge in [0.1, 0.15) is 5.75 Å². The van der Waals surface area contributed by atoms with Crippen molar-refractivity contribution in [3.63, 3.8) is 0 Å². The third kappa shape index (κ3) is 3.99. The molecule has 0 radical (unpaired) electrons. The molecule has 0 rings (SSSR count). The van der Waals surface area contributed by atoms with Crippen molar-refractivity contribution < 1.29 is 9.53 Å². The van der Waals surface area contributed by atoms with Crippen molar-refractivity contribution in [3.8, 4) is 0 Å². The molecular formula is C5H11O2S+. The van der Waals surface area contributed by atoms with E-state index in [-0.39, 0.29) is 5.97 Å². The minimum Gasteiger partial charge on any atom is -0.338 e. The summed E-state index contributed by atoms with van der Waals surface area (Å²) in [5.74, 6) is 0.702. The molecule has 0 spiro atoms. The number of esters is 1. The van der Waals surface area contributed by atoms with E-state index in [9.17, 15) is 0 Å². The Morgan fingerprint density at radius 3 is 2.75 bits per heavy atom. The van der Waals surface area contributed by atoms with Crippen LogP contribution in [-0.4, -0.2) is 29.4 Å². The first-order chi connectivity index (χ1) is 3.81. The molecule has 0 saturated carbocycles. The Bertz CT molecular complexity index is 64.8. The molecule has 2 nitrogen and oxygen atoms in total. The lowest BCUT2D eigenvalue weighted by Crippen LogP contribution is -2.06. The zero-order valence-corrected chi connectivity index (χ0v) is 5.99. The molecule has 0 heterocycles. The van der Waals surface area contributed by atoms with Crippen LogP contribution in [-0.2, 0) is 4.74 Å². The molecule has 3 heteroatoms. The highest BCUT2D eigenvalue weighted by Crippen LogP contribution is 1.91. The highest BCUT2D eigenvalue weighted by Gasteiger charge is 2.06. The van der Waals surface area contributed by atoms with E-state index in [0.717, 1.165) is 0 Å². The number of rotatable bonds is 3. The summed E-state index contributed by atoms with van der Waals surface area (Å²) in [6.07, 6.45) is 1.91. The maximum atomic E-state index is 8.72. The van der Waals surface area contributed by atoms with Crippen LogP contribution in [0, 0.1) is 0 Å². The number of hydrogen-bond donors (Lipinski definition) is 0. The quantitative estimate of drug-likeness (QED) is 0.425. The van der Waals surface area contributed by atoms with Gasteiger partial charge in [-0.2, -0.15) is 0 Å². The van der Waals surface area contributed by atoms with Gasteiger partial charge in [0.05, 0.1) is 0 Å². The van der Waals surface area contributed by atoms with Gasteiger partial charge < -0.3 is 9.53 Å². The highest BCUT2D eigenvalue weighted by molar-refractivity contribution is 7.99. The van der Waals surface area contributed by atoms with E-state index in [4.69, 9.17) is 9.53 Å². The Hall–Kier alpha value is -0.180. The van der Waals surface area contributed by atoms with Gasteiger partial charge in [0.2, 0.25) is 0 Å². The van der Waals surface area contributed by atoms with Crippen LogP contribution in [0.2, 0.25) is 0 Å². The maximum absolute atomic E-state index is 8.72. The minimum absolute atomic E-state index is 0.125. The molecule has 0 bridgehead atoms. The predicted octanol–water partition coefficient (Wildman–Crippen LogP) is 0.888. The minimum atomic E-state index is 0.125. The molecule has 0 amide bonds. The molecule has 0 aliphatic carbocycles. The summed E-state index contributed by atoms with van der Waals surface area (Å²) in [6.45, 7) is 2.39. The Labute approximate surface area is 53.6 Å². The maximum Gasteiger partial charge on any atom is 0.492 e. The Morgan fingerprint density at radius 1 is 1.75 bits per heavy atom. The lowest BCUT2D eigenvalue weighted by atomic mass is 10.8. The number of thioether (sulfide) groups is 1. The fourth-order valence-electron chi connectivity index (χ4n) is 0.332. The summed E-state index contributed by atoms with van der Waals surface area (Å²) in [4.78, 5) is 8.72. The molecule has 0 fully saturated rings. The third-order valence-electron chi connectivity index (χ3n) is 0.579. The van der Waals surface area contributed by atoms with Gasteiger partial charge in [-0.15, -0.1) is 11.8 Å². The van der Waals surface area contributed by atoms with E-state index in [1.54, 1.807) is 0 Å². The van der Waals surface area contributed by atoms with E-state index in [0.29, 0.717) is 12.4 Å². The van der Waals surface area contributed by atoms with E-state index in [1.165, 1.54) is 11.8 Å². The van der Waals surface area contributed by atoms with Gasteiger partial charge in [-0.05, 0) is 13.2 Å². The molecule has 0 unspecified atom stereocenters. The Kier molecular flexibility index (Phi) is 4.85. The lowest BCUT2D eigenvalue weighted by molar-refractivity contribution is 0.290. The van der Waals surface area contributed by atoms with Crippen molar-refractivity contribution in [2.24, 2.45) is 0 Å². The average Bonchev–Trinajstić information content (AvgIpc) is 1.68. The zero-order chi connectivity index (χ0) is 6.41. The van der Waals surface area contributed by atoms with Gasteiger partial charge in [0.15, 0.2) is 6.61 Å². The van der Waals surface area contributed by atoms with Crippen LogP contribution in [0.15, 0.2) is 0 Å². The van der Waals surface area contributed by atoms with Crippen molar-refractivity contribution in [1.82, 2.24) is 0 Å². The fourth-order valence-corrected chi connectivity index (χ4v) is 0.662. The second-order valence-electron chi connectivity index (χ2n) is 1.26. The normalized spacial score (nSPS) is 8.75. The van der Waals surface area contributed by atoms with Gasteiger partial charge in [-0.3, -0.25) is 0 Å². The molecule has 0 saturated heterocycles. The van der Waals surface area contributed by atoms with Crippen molar-refractivity contribution in [2.45, 2.75) is 6.92 Å². The van der Waals surface area contributed by atoms with E-state index >= 15 is 0 Å². The molecule has 8 heavy (non-hydrogen) atoms. The number of carbonyl (C=O) groups excluding carboxylic acids is 1. The van der Waals surface area contributed by atoms with E-state index < -0.39 is 0 Å². The van der Waals surface area contributed by atoms with Crippen molar-refractivity contribution >= 4 is 17.7 Å². The van der Waals surface area contributed by atoms with Crippen LogP contribution in [0.25, 0.3) is 0 Å². The van der Waals surface area contributed by atoms with Gasteiger partial charge in [-0.25, -0.2) is 0 Å². The molecular weight excluding hydrogens is 124 g/mol. The Morgan fingerprint density at radius 2 is 2.38 bits per heavy atom. The van der Waals surface area contributed by atoms with E-state index in [1.807, 2.05) is 13.2 Å². The van der Waals surface area contributed by atoms with Crippen LogP contribution in [0.1, 0.15) is 6.92 Å². The summed E-state index contributed by atoms with van der Waals surface area (Å²) in [5, 5.41) is 0. The molecule has 0 aromatic carbocycles. The summed E-state index contributed by atoms with van der Waals surface area (Å²) in [6, 6.07) is 0. The van der Waals surface area contributed by atoms with Crippen molar-refractivity contribution in [2.75, 3.05) is 18.6 Å². The summed E-state index contributed by atoms with van der Waals surface area (Å²) in [5.41, 5.74) is 0. The zero-order valence-electron chi connectivity index (χ0n) is 5.18. The molecule has 0 atom stereocenters. The van der Waals surface area contributed by atoms with Crippen LogP contribution < -0.4 is 0 Å². The van der Waals surface area contributed by atoms with E-state index in [2.05, 4.69) is 0 Å². The smallest absolute Gasteiger partial charge is 0.338 e. The number of hydrogen-bond acceptors (Lipinski definition) is 2. The van der Waals surface area contributed by atoms with Gasteiger partial charge in [0.25, 0.3) is 0 Å². The van der Waals surface area contributed by atoms with Gasteiger partial charge >= 0.3 is 5.97 Å². The van der Waals surface area contributed by atoms with Crippen LogP contribution in [0.3, 0.4) is 0 Å². The van der Waals surface area contributed by atoms with Gasteiger partial charge in [0, 0.05) is 0 Å². The average molecular weight is 135 g/mol. The lowest BCUT2D eigenvalue weighted by Gasteiger charge is -1.86. The monoisotopic (exact) mass is 135 g/mol. The topological polar surface area (TPSA) is 30.6 Å². The SMILES string of the molecule is CCOC(=[OH+])CSC. The van der Waals surface area contributed by atoms with Crippen LogP contribution >= 0.6 is 11.8 Å². The summed E-state index contributed by atoms with van der Waals surface area (Å²) < 4.78 is 4.73. The third-order valence-corrected chi connectivity index (χ3v) is 1.11. The first-order valence-corrected chi connectivity index (χ1v) is 3.87. The first kappa shape index (κ1) is 7.82. The largest absolute Gasteiger partial charge is 0.492 e. The summed E-state index contributed by atoms with van der Waals surface area (Å²) >= 11 is 1.54. The first-order valence-electron chi connectivity index (χ1n) is 2.47. The molecule has 0 aliphatic rings. The second kappa shape index (κ2) is 4.97. The molecule has 48 valence electrons. The predicted molar refractivity (Wildman–Crippen MR) is 37.0 cm³/mol. The standard InChI is InChI=1S/C5H10O2S/c1-3-7-5(6)4-8-2/h3-4H2,1-2H3/p+1. The van der Waals surface area contributed by atoms with Crippen molar-refractivity contribution in [1.29, 1.82) is 0 Å². The highest BCUT2D eigenvalue weighted by atomic mass is 32.2. The van der Waals surface area contributed by atoms with Crippen LogP contribution in [0.5, 0.6) is 0 Å². The molecule has 0 aromatic rings.